The van der Waals surface area contributed by atoms with Gasteiger partial charge in [-0.05, 0) is 26.0 Å². The number of nitrogens with one attached hydrogen (secondary N) is 2. The number of nitrogens with zero attached hydrogens (tertiary/aromatic N) is 1. The minimum Gasteiger partial charge on any atom is -0.384 e. The summed E-state index contributed by atoms with van der Waals surface area (Å²) in [4.78, 5) is 13.5. The zero-order chi connectivity index (χ0) is 12.8. The van der Waals surface area contributed by atoms with E-state index in [1.54, 1.807) is 29.2 Å². The highest BCUT2D eigenvalue weighted by Crippen LogP contribution is 2.10. The summed E-state index contributed by atoms with van der Waals surface area (Å²) >= 11 is 0. The predicted octanol–water partition coefficient (Wildman–Crippen LogP) is 1.84. The van der Waals surface area contributed by atoms with Gasteiger partial charge in [-0.2, -0.15) is 0 Å². The molecule has 5 heteroatoms. The summed E-state index contributed by atoms with van der Waals surface area (Å²) < 4.78 is 0. The molecule has 0 spiro atoms. The fourth-order valence-electron chi connectivity index (χ4n) is 1.48. The SMILES string of the molecule is CCN(CC)C(=O)Nc1cccc(C(=N)N)c1. The lowest BCUT2D eigenvalue weighted by Gasteiger charge is -2.19. The Bertz CT molecular complexity index is 413. The number of hydrogen-bond acceptors (Lipinski definition) is 2. The first-order chi connectivity index (χ1) is 8.08. The van der Waals surface area contributed by atoms with Gasteiger partial charge in [-0.15, -0.1) is 0 Å². The molecular formula is C12H18N4O. The summed E-state index contributed by atoms with van der Waals surface area (Å²) in [5.41, 5.74) is 6.63. The molecule has 0 aliphatic rings. The number of anilines is 1. The van der Waals surface area contributed by atoms with E-state index in [0.29, 0.717) is 24.3 Å². The highest BCUT2D eigenvalue weighted by molar-refractivity contribution is 5.97. The van der Waals surface area contributed by atoms with Crippen molar-refractivity contribution in [2.75, 3.05) is 18.4 Å². The maximum Gasteiger partial charge on any atom is 0.321 e. The molecule has 0 aromatic heterocycles. The Balaban J connectivity index is 2.78. The van der Waals surface area contributed by atoms with Gasteiger partial charge in [-0.1, -0.05) is 12.1 Å². The molecule has 0 unspecified atom stereocenters. The molecule has 92 valence electrons. The van der Waals surface area contributed by atoms with Crippen LogP contribution in [-0.4, -0.2) is 29.9 Å². The Morgan fingerprint density at radius 2 is 2.06 bits per heavy atom. The van der Waals surface area contributed by atoms with Gasteiger partial charge in [-0.3, -0.25) is 5.41 Å². The Kier molecular flexibility index (Phi) is 4.51. The van der Waals surface area contributed by atoms with Crippen molar-refractivity contribution in [2.45, 2.75) is 13.8 Å². The number of hydrogen-bond donors (Lipinski definition) is 3. The number of carbonyl (C=O) groups is 1. The van der Waals surface area contributed by atoms with Gasteiger partial charge in [0.05, 0.1) is 0 Å². The maximum absolute atomic E-state index is 11.8. The molecule has 5 nitrogen and oxygen atoms in total. The Morgan fingerprint density at radius 1 is 1.41 bits per heavy atom. The van der Waals surface area contributed by atoms with Gasteiger partial charge >= 0.3 is 6.03 Å². The molecule has 0 saturated carbocycles. The molecule has 1 aromatic rings. The van der Waals surface area contributed by atoms with Crippen molar-refractivity contribution in [3.8, 4) is 0 Å². The molecule has 1 aromatic carbocycles. The van der Waals surface area contributed by atoms with Gasteiger partial charge in [-0.25, -0.2) is 4.79 Å². The molecule has 0 bridgehead atoms. The number of urea groups is 1. The zero-order valence-corrected chi connectivity index (χ0v) is 10.2. The molecule has 17 heavy (non-hydrogen) atoms. The summed E-state index contributed by atoms with van der Waals surface area (Å²) in [6.07, 6.45) is 0. The van der Waals surface area contributed by atoms with Crippen LogP contribution in [-0.2, 0) is 0 Å². The molecule has 0 aliphatic heterocycles. The number of amidine groups is 1. The average Bonchev–Trinajstić information content (AvgIpc) is 2.30. The molecule has 1 rings (SSSR count). The van der Waals surface area contributed by atoms with Crippen LogP contribution in [0.5, 0.6) is 0 Å². The largest absolute Gasteiger partial charge is 0.384 e. The van der Waals surface area contributed by atoms with Crippen molar-refractivity contribution < 1.29 is 4.79 Å². The third kappa shape index (κ3) is 3.48. The molecule has 0 radical (unpaired) electrons. The topological polar surface area (TPSA) is 82.2 Å². The average molecular weight is 234 g/mol. The summed E-state index contributed by atoms with van der Waals surface area (Å²) in [5, 5.41) is 10.1. The van der Waals surface area contributed by atoms with E-state index in [1.807, 2.05) is 13.8 Å². The fourth-order valence-corrected chi connectivity index (χ4v) is 1.48. The van der Waals surface area contributed by atoms with Gasteiger partial charge in [0.25, 0.3) is 0 Å². The lowest BCUT2D eigenvalue weighted by atomic mass is 10.2. The monoisotopic (exact) mass is 234 g/mol. The van der Waals surface area contributed by atoms with E-state index in [2.05, 4.69) is 5.32 Å². The second kappa shape index (κ2) is 5.89. The Morgan fingerprint density at radius 3 is 2.59 bits per heavy atom. The normalized spacial score (nSPS) is 9.76. The van der Waals surface area contributed by atoms with E-state index in [1.165, 1.54) is 0 Å². The first kappa shape index (κ1) is 13.0. The zero-order valence-electron chi connectivity index (χ0n) is 10.2. The van der Waals surface area contributed by atoms with Gasteiger partial charge in [0.15, 0.2) is 0 Å². The summed E-state index contributed by atoms with van der Waals surface area (Å²) in [7, 11) is 0. The van der Waals surface area contributed by atoms with Gasteiger partial charge in [0.1, 0.15) is 5.84 Å². The van der Waals surface area contributed by atoms with Crippen molar-refractivity contribution in [2.24, 2.45) is 5.73 Å². The fraction of sp³-hybridized carbons (Fsp3) is 0.333. The van der Waals surface area contributed by atoms with E-state index in [0.717, 1.165) is 0 Å². The standard InChI is InChI=1S/C12H18N4O/c1-3-16(4-2)12(17)15-10-7-5-6-9(8-10)11(13)14/h5-8H,3-4H2,1-2H3,(H3,13,14)(H,15,17). The maximum atomic E-state index is 11.8. The van der Waals surface area contributed by atoms with Gasteiger partial charge < -0.3 is 16.0 Å². The van der Waals surface area contributed by atoms with Crippen LogP contribution in [0.4, 0.5) is 10.5 Å². The number of nitrogens with two attached hydrogens (primary N) is 1. The van der Waals surface area contributed by atoms with Crippen molar-refractivity contribution in [3.05, 3.63) is 29.8 Å². The van der Waals surface area contributed by atoms with Crippen LogP contribution in [0, 0.1) is 5.41 Å². The predicted molar refractivity (Wildman–Crippen MR) is 69.4 cm³/mol. The van der Waals surface area contributed by atoms with Crippen LogP contribution in [0.3, 0.4) is 0 Å². The molecule has 4 N–H and O–H groups in total. The molecular weight excluding hydrogens is 216 g/mol. The number of amides is 2. The van der Waals surface area contributed by atoms with E-state index in [9.17, 15) is 4.79 Å². The van der Waals surface area contributed by atoms with Gasteiger partial charge in [0.2, 0.25) is 0 Å². The van der Waals surface area contributed by atoms with E-state index in [4.69, 9.17) is 11.1 Å². The van der Waals surface area contributed by atoms with E-state index in [-0.39, 0.29) is 11.9 Å². The molecule has 0 atom stereocenters. The summed E-state index contributed by atoms with van der Waals surface area (Å²) in [6, 6.07) is 6.80. The molecule has 0 fully saturated rings. The molecule has 0 saturated heterocycles. The summed E-state index contributed by atoms with van der Waals surface area (Å²) in [5.74, 6) is -0.0102. The second-order valence-electron chi connectivity index (χ2n) is 3.60. The lowest BCUT2D eigenvalue weighted by Crippen LogP contribution is -2.34. The highest BCUT2D eigenvalue weighted by Gasteiger charge is 2.09. The van der Waals surface area contributed by atoms with Crippen LogP contribution in [0.1, 0.15) is 19.4 Å². The van der Waals surface area contributed by atoms with Gasteiger partial charge in [0, 0.05) is 24.3 Å². The van der Waals surface area contributed by atoms with Crippen LogP contribution in [0.25, 0.3) is 0 Å². The quantitative estimate of drug-likeness (QED) is 0.548. The molecule has 0 heterocycles. The smallest absolute Gasteiger partial charge is 0.321 e. The third-order valence-electron chi connectivity index (χ3n) is 2.48. The Labute approximate surface area is 101 Å². The highest BCUT2D eigenvalue weighted by atomic mass is 16.2. The van der Waals surface area contributed by atoms with E-state index >= 15 is 0 Å². The second-order valence-corrected chi connectivity index (χ2v) is 3.60. The number of nitrogen functional groups attached to an aromatic ring is 1. The minimum atomic E-state index is -0.143. The van der Waals surface area contributed by atoms with Crippen molar-refractivity contribution in [3.63, 3.8) is 0 Å². The lowest BCUT2D eigenvalue weighted by molar-refractivity contribution is 0.217. The van der Waals surface area contributed by atoms with Crippen LogP contribution >= 0.6 is 0 Å². The van der Waals surface area contributed by atoms with Crippen molar-refractivity contribution in [1.29, 1.82) is 5.41 Å². The molecule has 0 aliphatic carbocycles. The van der Waals surface area contributed by atoms with Crippen LogP contribution < -0.4 is 11.1 Å². The third-order valence-corrected chi connectivity index (χ3v) is 2.48. The van der Waals surface area contributed by atoms with Crippen LogP contribution in [0.2, 0.25) is 0 Å². The number of benzene rings is 1. The van der Waals surface area contributed by atoms with E-state index < -0.39 is 0 Å². The van der Waals surface area contributed by atoms with Crippen LogP contribution in [0.15, 0.2) is 24.3 Å². The first-order valence-electron chi connectivity index (χ1n) is 5.58. The Hall–Kier alpha value is -2.04. The number of carbonyl (C=O) groups excluding carboxylic acids is 1. The molecule has 2 amide bonds. The minimum absolute atomic E-state index is 0.0102. The summed E-state index contributed by atoms with van der Waals surface area (Å²) in [6.45, 7) is 5.17. The van der Waals surface area contributed by atoms with Crippen molar-refractivity contribution >= 4 is 17.6 Å². The number of rotatable bonds is 4. The first-order valence-corrected chi connectivity index (χ1v) is 5.58. The van der Waals surface area contributed by atoms with Crippen molar-refractivity contribution in [1.82, 2.24) is 4.90 Å².